The summed E-state index contributed by atoms with van der Waals surface area (Å²) in [4.78, 5) is 0. The number of nitrogens with two attached hydrogens (primary N) is 1. The average molecular weight is 261 g/mol. The van der Waals surface area contributed by atoms with E-state index in [2.05, 4.69) is 0 Å². The van der Waals surface area contributed by atoms with Gasteiger partial charge in [-0.3, -0.25) is 0 Å². The molecule has 19 heavy (non-hydrogen) atoms. The predicted octanol–water partition coefficient (Wildman–Crippen LogP) is 2.87. The first-order valence-electron chi connectivity index (χ1n) is 5.97. The van der Waals surface area contributed by atoms with Crippen molar-refractivity contribution < 1.29 is 13.9 Å². The first kappa shape index (κ1) is 13.4. The summed E-state index contributed by atoms with van der Waals surface area (Å²) in [5.74, 6) is 1.09. The van der Waals surface area contributed by atoms with Gasteiger partial charge in [-0.15, -0.1) is 0 Å². The van der Waals surface area contributed by atoms with E-state index in [1.807, 2.05) is 6.07 Å². The maximum absolute atomic E-state index is 13.5. The van der Waals surface area contributed by atoms with Crippen LogP contribution in [0.3, 0.4) is 0 Å². The molecule has 2 N–H and O–H groups in total. The molecule has 0 saturated heterocycles. The minimum absolute atomic E-state index is 0.173. The summed E-state index contributed by atoms with van der Waals surface area (Å²) in [5, 5.41) is 0. The maximum Gasteiger partial charge on any atom is 0.129 e. The highest BCUT2D eigenvalue weighted by Crippen LogP contribution is 2.24. The zero-order valence-corrected chi connectivity index (χ0v) is 10.7. The van der Waals surface area contributed by atoms with Crippen molar-refractivity contribution in [3.63, 3.8) is 0 Å². The van der Waals surface area contributed by atoms with Crippen LogP contribution in [0.1, 0.15) is 11.1 Å². The Balaban J connectivity index is 2.13. The molecule has 0 fully saturated rings. The Morgan fingerprint density at radius 3 is 2.58 bits per heavy atom. The summed E-state index contributed by atoms with van der Waals surface area (Å²) in [6.07, 6.45) is 0. The molecule has 0 atom stereocenters. The Morgan fingerprint density at radius 1 is 1.11 bits per heavy atom. The lowest BCUT2D eigenvalue weighted by Crippen LogP contribution is -2.04. The van der Waals surface area contributed by atoms with Gasteiger partial charge in [0.05, 0.1) is 7.11 Å². The average Bonchev–Trinajstić information content (AvgIpc) is 2.46. The zero-order chi connectivity index (χ0) is 13.7. The van der Waals surface area contributed by atoms with E-state index >= 15 is 0 Å². The second-order valence-electron chi connectivity index (χ2n) is 4.06. The van der Waals surface area contributed by atoms with Crippen LogP contribution in [0.4, 0.5) is 4.39 Å². The van der Waals surface area contributed by atoms with Crippen molar-refractivity contribution in [2.45, 2.75) is 13.2 Å². The van der Waals surface area contributed by atoms with E-state index in [1.165, 1.54) is 6.07 Å². The Labute approximate surface area is 111 Å². The first-order valence-corrected chi connectivity index (χ1v) is 5.97. The molecular weight excluding hydrogens is 245 g/mol. The lowest BCUT2D eigenvalue weighted by Gasteiger charge is -2.12. The standard InChI is InChI=1S/C15H16FNO2/c1-18-13-6-7-15(12(8-13)9-17)19-10-11-4-2-3-5-14(11)16/h2-8H,9-10,17H2,1H3. The molecule has 3 nitrogen and oxygen atoms in total. The number of hydrogen-bond acceptors (Lipinski definition) is 3. The number of halogens is 1. The van der Waals surface area contributed by atoms with Crippen LogP contribution < -0.4 is 15.2 Å². The summed E-state index contributed by atoms with van der Waals surface area (Å²) in [6, 6.07) is 11.9. The SMILES string of the molecule is COc1ccc(OCc2ccccc2F)c(CN)c1. The molecule has 0 aliphatic heterocycles. The van der Waals surface area contributed by atoms with Gasteiger partial charge in [0.2, 0.25) is 0 Å². The summed E-state index contributed by atoms with van der Waals surface area (Å²) in [6.45, 7) is 0.510. The second-order valence-corrected chi connectivity index (χ2v) is 4.06. The van der Waals surface area contributed by atoms with Crippen LogP contribution in [0, 0.1) is 5.82 Å². The van der Waals surface area contributed by atoms with Crippen molar-refractivity contribution in [1.82, 2.24) is 0 Å². The fourth-order valence-corrected chi connectivity index (χ4v) is 1.75. The monoisotopic (exact) mass is 261 g/mol. The van der Waals surface area contributed by atoms with Crippen LogP contribution in [0.2, 0.25) is 0 Å². The van der Waals surface area contributed by atoms with Gasteiger partial charge in [-0.05, 0) is 24.3 Å². The molecule has 0 heterocycles. The topological polar surface area (TPSA) is 44.5 Å². The van der Waals surface area contributed by atoms with Crippen molar-refractivity contribution in [3.05, 3.63) is 59.4 Å². The molecule has 0 aromatic heterocycles. The molecule has 0 unspecified atom stereocenters. The van der Waals surface area contributed by atoms with Crippen molar-refractivity contribution in [1.29, 1.82) is 0 Å². The van der Waals surface area contributed by atoms with Crippen LogP contribution in [0.15, 0.2) is 42.5 Å². The molecule has 0 spiro atoms. The van der Waals surface area contributed by atoms with Crippen LogP contribution in [0.25, 0.3) is 0 Å². The molecule has 2 rings (SSSR count). The van der Waals surface area contributed by atoms with E-state index < -0.39 is 0 Å². The number of hydrogen-bond donors (Lipinski definition) is 1. The molecule has 0 bridgehead atoms. The maximum atomic E-state index is 13.5. The lowest BCUT2D eigenvalue weighted by molar-refractivity contribution is 0.296. The summed E-state index contributed by atoms with van der Waals surface area (Å²) in [5.41, 5.74) is 7.01. The van der Waals surface area contributed by atoms with Crippen molar-refractivity contribution in [2.75, 3.05) is 7.11 Å². The van der Waals surface area contributed by atoms with Crippen LogP contribution in [-0.2, 0) is 13.2 Å². The molecule has 2 aromatic rings. The first-order chi connectivity index (χ1) is 9.24. The Morgan fingerprint density at radius 2 is 1.89 bits per heavy atom. The molecule has 100 valence electrons. The third-order valence-electron chi connectivity index (χ3n) is 2.83. The van der Waals surface area contributed by atoms with E-state index in [-0.39, 0.29) is 12.4 Å². The highest BCUT2D eigenvalue weighted by Gasteiger charge is 2.06. The summed E-state index contributed by atoms with van der Waals surface area (Å²) in [7, 11) is 1.59. The second kappa shape index (κ2) is 6.20. The van der Waals surface area contributed by atoms with Gasteiger partial charge in [0.1, 0.15) is 23.9 Å². The highest BCUT2D eigenvalue weighted by atomic mass is 19.1. The zero-order valence-electron chi connectivity index (χ0n) is 10.7. The minimum atomic E-state index is -0.273. The van der Waals surface area contributed by atoms with E-state index in [0.29, 0.717) is 17.9 Å². The van der Waals surface area contributed by atoms with E-state index in [0.717, 1.165) is 11.3 Å². The van der Waals surface area contributed by atoms with Gasteiger partial charge >= 0.3 is 0 Å². The normalized spacial score (nSPS) is 10.3. The predicted molar refractivity (Wildman–Crippen MR) is 71.6 cm³/mol. The minimum Gasteiger partial charge on any atom is -0.497 e. The highest BCUT2D eigenvalue weighted by molar-refractivity contribution is 5.40. The Kier molecular flexibility index (Phi) is 4.36. The molecule has 0 aliphatic carbocycles. The molecule has 0 aliphatic rings. The van der Waals surface area contributed by atoms with Crippen LogP contribution in [0.5, 0.6) is 11.5 Å². The summed E-state index contributed by atoms with van der Waals surface area (Å²) >= 11 is 0. The fourth-order valence-electron chi connectivity index (χ4n) is 1.75. The van der Waals surface area contributed by atoms with Gasteiger partial charge in [-0.2, -0.15) is 0 Å². The molecule has 0 amide bonds. The van der Waals surface area contributed by atoms with Crippen molar-refractivity contribution in [3.8, 4) is 11.5 Å². The molecule has 0 saturated carbocycles. The third-order valence-corrected chi connectivity index (χ3v) is 2.83. The number of benzene rings is 2. The Bertz CT molecular complexity index is 558. The quantitative estimate of drug-likeness (QED) is 0.900. The largest absolute Gasteiger partial charge is 0.497 e. The lowest BCUT2D eigenvalue weighted by atomic mass is 10.2. The van der Waals surface area contributed by atoms with E-state index in [1.54, 1.807) is 37.4 Å². The third kappa shape index (κ3) is 3.23. The Hall–Kier alpha value is -2.07. The summed E-state index contributed by atoms with van der Waals surface area (Å²) < 4.78 is 24.2. The number of methoxy groups -OCH3 is 1. The van der Waals surface area contributed by atoms with Gasteiger partial charge in [0, 0.05) is 17.7 Å². The smallest absolute Gasteiger partial charge is 0.129 e. The van der Waals surface area contributed by atoms with Crippen LogP contribution >= 0.6 is 0 Å². The number of ether oxygens (including phenoxy) is 2. The van der Waals surface area contributed by atoms with Gasteiger partial charge in [0.25, 0.3) is 0 Å². The van der Waals surface area contributed by atoms with Gasteiger partial charge in [0.15, 0.2) is 0 Å². The fraction of sp³-hybridized carbons (Fsp3) is 0.200. The van der Waals surface area contributed by atoms with Crippen molar-refractivity contribution >= 4 is 0 Å². The molecule has 4 heteroatoms. The molecule has 2 aromatic carbocycles. The van der Waals surface area contributed by atoms with Gasteiger partial charge < -0.3 is 15.2 Å². The van der Waals surface area contributed by atoms with Crippen molar-refractivity contribution in [2.24, 2.45) is 5.73 Å². The molecular formula is C15H16FNO2. The van der Waals surface area contributed by atoms with Gasteiger partial charge in [-0.1, -0.05) is 18.2 Å². The molecule has 0 radical (unpaired) electrons. The van der Waals surface area contributed by atoms with E-state index in [4.69, 9.17) is 15.2 Å². The van der Waals surface area contributed by atoms with Crippen LogP contribution in [-0.4, -0.2) is 7.11 Å². The van der Waals surface area contributed by atoms with E-state index in [9.17, 15) is 4.39 Å². The number of rotatable bonds is 5. The van der Waals surface area contributed by atoms with Gasteiger partial charge in [-0.25, -0.2) is 4.39 Å².